The summed E-state index contributed by atoms with van der Waals surface area (Å²) in [6.45, 7) is 16.4. The minimum Gasteiger partial charge on any atom is -0.406 e. The van der Waals surface area contributed by atoms with Gasteiger partial charge in [-0.1, -0.05) is 132 Å². The zero-order chi connectivity index (χ0) is 25.2. The van der Waals surface area contributed by atoms with Gasteiger partial charge in [0.05, 0.1) is 11.4 Å². The van der Waals surface area contributed by atoms with Gasteiger partial charge in [-0.15, -0.1) is 0 Å². The molecule has 1 atom stereocenters. The summed E-state index contributed by atoms with van der Waals surface area (Å²) in [5, 5.41) is 2.64. The molecule has 0 aliphatic rings. The Bertz CT molecular complexity index is 924. The van der Waals surface area contributed by atoms with Crippen LogP contribution in [-0.4, -0.2) is 19.8 Å². The average molecular weight is 540 g/mol. The Labute approximate surface area is 218 Å². The van der Waals surface area contributed by atoms with Crippen molar-refractivity contribution in [1.82, 2.24) is 0 Å². The molecule has 2 aromatic rings. The van der Waals surface area contributed by atoms with E-state index >= 15 is 0 Å². The first-order valence-electron chi connectivity index (χ1n) is 12.4. The quantitative estimate of drug-likeness (QED) is 0.158. The summed E-state index contributed by atoms with van der Waals surface area (Å²) < 4.78 is 7.08. The first kappa shape index (κ1) is 28.6. The number of alkyl halides is 1. The van der Waals surface area contributed by atoms with Crippen LogP contribution < -0.4 is 10.4 Å². The van der Waals surface area contributed by atoms with Crippen LogP contribution >= 0.6 is 15.9 Å². The third-order valence-electron chi connectivity index (χ3n) is 6.35. The van der Waals surface area contributed by atoms with Crippen LogP contribution in [0, 0.1) is 0 Å². The fourth-order valence-electron chi connectivity index (χ4n) is 4.36. The third-order valence-corrected chi connectivity index (χ3v) is 12.3. The first-order valence-corrected chi connectivity index (χ1v) is 15.2. The molecule has 0 bridgehead atoms. The summed E-state index contributed by atoms with van der Waals surface area (Å²) in [5.74, 6) is 0. The zero-order valence-corrected chi connectivity index (χ0v) is 24.8. The van der Waals surface area contributed by atoms with Crippen molar-refractivity contribution in [2.24, 2.45) is 0 Å². The van der Waals surface area contributed by atoms with Crippen molar-refractivity contribution in [3.8, 4) is 0 Å². The largest absolute Gasteiger partial charge is 0.406 e. The van der Waals surface area contributed by atoms with Crippen LogP contribution in [0.5, 0.6) is 0 Å². The van der Waals surface area contributed by atoms with Gasteiger partial charge in [-0.3, -0.25) is 0 Å². The molecule has 0 aliphatic heterocycles. The summed E-state index contributed by atoms with van der Waals surface area (Å²) >= 11 is 3.93. The van der Waals surface area contributed by atoms with Gasteiger partial charge in [0.1, 0.15) is 0 Å². The standard InChI is InChI=1S/C31H43BrOSi/c1-25(2)16-14-17-26(3)18-15-19-27(4)30(32)24-33-34(31(5,6)7,28-20-10-8-11-21-28)29-22-12-9-13-23-29/h8-13,16,18-23,30H,14-15,17,24H2,1-7H3/b26-18+,27-19+. The molecular weight excluding hydrogens is 496 g/mol. The van der Waals surface area contributed by atoms with E-state index < -0.39 is 8.32 Å². The normalized spacial score (nSPS) is 14.1. The Kier molecular flexibility index (Phi) is 11.3. The number of allylic oxidation sites excluding steroid dienone is 5. The van der Waals surface area contributed by atoms with Crippen molar-refractivity contribution < 1.29 is 4.43 Å². The molecule has 0 saturated heterocycles. The van der Waals surface area contributed by atoms with Crippen LogP contribution in [0.3, 0.4) is 0 Å². The van der Waals surface area contributed by atoms with E-state index in [1.54, 1.807) is 0 Å². The molecule has 0 N–H and O–H groups in total. The first-order chi connectivity index (χ1) is 16.1. The van der Waals surface area contributed by atoms with E-state index in [9.17, 15) is 0 Å². The highest BCUT2D eigenvalue weighted by Crippen LogP contribution is 2.37. The van der Waals surface area contributed by atoms with Gasteiger partial charge < -0.3 is 4.43 Å². The molecule has 0 aliphatic carbocycles. The third kappa shape index (κ3) is 7.93. The SMILES string of the molecule is CC(C)=CCC/C(C)=C/C/C=C(\C)C(Br)CO[Si](c1ccccc1)(c1ccccc1)C(C)(C)C. The lowest BCUT2D eigenvalue weighted by atomic mass is 10.1. The number of hydrogen-bond donors (Lipinski definition) is 0. The Morgan fingerprint density at radius 1 is 0.853 bits per heavy atom. The molecule has 0 spiro atoms. The van der Waals surface area contributed by atoms with Crippen LogP contribution in [0.2, 0.25) is 5.04 Å². The van der Waals surface area contributed by atoms with Gasteiger partial charge in [0.2, 0.25) is 0 Å². The predicted octanol–water partition coefficient (Wildman–Crippen LogP) is 8.36. The van der Waals surface area contributed by atoms with E-state index in [0.717, 1.165) is 19.3 Å². The molecular formula is C31H43BrOSi. The van der Waals surface area contributed by atoms with E-state index in [2.05, 4.69) is 143 Å². The van der Waals surface area contributed by atoms with E-state index in [-0.39, 0.29) is 9.87 Å². The van der Waals surface area contributed by atoms with Crippen LogP contribution in [0.15, 0.2) is 95.6 Å². The number of rotatable bonds is 11. The molecule has 0 amide bonds. The van der Waals surface area contributed by atoms with Crippen molar-refractivity contribution in [3.63, 3.8) is 0 Å². The lowest BCUT2D eigenvalue weighted by molar-refractivity contribution is 0.307. The van der Waals surface area contributed by atoms with Crippen molar-refractivity contribution >= 4 is 34.6 Å². The van der Waals surface area contributed by atoms with E-state index in [0.29, 0.717) is 6.61 Å². The van der Waals surface area contributed by atoms with E-state index in [1.165, 1.54) is 27.1 Å². The minimum absolute atomic E-state index is 0.00874. The highest BCUT2D eigenvalue weighted by Gasteiger charge is 2.50. The number of halogens is 1. The van der Waals surface area contributed by atoms with Crippen molar-refractivity contribution in [1.29, 1.82) is 0 Å². The second-order valence-electron chi connectivity index (χ2n) is 10.5. The molecule has 0 fully saturated rings. The average Bonchev–Trinajstić information content (AvgIpc) is 2.79. The maximum atomic E-state index is 7.08. The zero-order valence-electron chi connectivity index (χ0n) is 22.2. The highest BCUT2D eigenvalue weighted by atomic mass is 79.9. The Hall–Kier alpha value is -1.68. The van der Waals surface area contributed by atoms with Crippen LogP contribution in [0.1, 0.15) is 67.7 Å². The molecule has 0 radical (unpaired) electrons. The lowest BCUT2D eigenvalue weighted by Crippen LogP contribution is -2.67. The predicted molar refractivity (Wildman–Crippen MR) is 157 cm³/mol. The van der Waals surface area contributed by atoms with Crippen LogP contribution in [0.25, 0.3) is 0 Å². The molecule has 1 unspecified atom stereocenters. The molecule has 1 nitrogen and oxygen atoms in total. The van der Waals surface area contributed by atoms with Crippen molar-refractivity contribution in [2.75, 3.05) is 6.61 Å². The smallest absolute Gasteiger partial charge is 0.261 e. The molecule has 2 rings (SSSR count). The summed E-state index contributed by atoms with van der Waals surface area (Å²) in [7, 11) is -2.51. The summed E-state index contributed by atoms with van der Waals surface area (Å²) in [5.41, 5.74) is 4.18. The Morgan fingerprint density at radius 2 is 1.38 bits per heavy atom. The molecule has 2 aromatic carbocycles. The molecule has 0 heterocycles. The second-order valence-corrected chi connectivity index (χ2v) is 15.9. The lowest BCUT2D eigenvalue weighted by Gasteiger charge is -2.43. The number of hydrogen-bond acceptors (Lipinski definition) is 1. The van der Waals surface area contributed by atoms with E-state index in [1.807, 2.05) is 0 Å². The van der Waals surface area contributed by atoms with Gasteiger partial charge in [-0.05, 0) is 62.4 Å². The van der Waals surface area contributed by atoms with Gasteiger partial charge >= 0.3 is 0 Å². The summed E-state index contributed by atoms with van der Waals surface area (Å²) in [4.78, 5) is 0.188. The Balaban J connectivity index is 2.20. The maximum absolute atomic E-state index is 7.08. The topological polar surface area (TPSA) is 9.23 Å². The van der Waals surface area contributed by atoms with Crippen LogP contribution in [0.4, 0.5) is 0 Å². The number of benzene rings is 2. The monoisotopic (exact) mass is 538 g/mol. The Morgan fingerprint density at radius 3 is 1.85 bits per heavy atom. The molecule has 3 heteroatoms. The highest BCUT2D eigenvalue weighted by molar-refractivity contribution is 9.09. The fourth-order valence-corrected chi connectivity index (χ4v) is 9.49. The van der Waals surface area contributed by atoms with Gasteiger partial charge in [0.15, 0.2) is 0 Å². The van der Waals surface area contributed by atoms with Crippen LogP contribution in [-0.2, 0) is 4.43 Å². The van der Waals surface area contributed by atoms with Crippen molar-refractivity contribution in [3.05, 3.63) is 95.6 Å². The molecule has 184 valence electrons. The van der Waals surface area contributed by atoms with Gasteiger partial charge in [-0.2, -0.15) is 0 Å². The molecule has 34 heavy (non-hydrogen) atoms. The van der Waals surface area contributed by atoms with Crippen molar-refractivity contribution in [2.45, 2.75) is 77.6 Å². The van der Waals surface area contributed by atoms with E-state index in [4.69, 9.17) is 4.43 Å². The maximum Gasteiger partial charge on any atom is 0.261 e. The van der Waals surface area contributed by atoms with Gasteiger partial charge in [0, 0.05) is 0 Å². The molecule has 0 aromatic heterocycles. The fraction of sp³-hybridized carbons (Fsp3) is 0.419. The summed E-state index contributed by atoms with van der Waals surface area (Å²) in [6, 6.07) is 21.7. The summed E-state index contributed by atoms with van der Waals surface area (Å²) in [6.07, 6.45) is 10.2. The minimum atomic E-state index is -2.51. The second kappa shape index (κ2) is 13.4. The van der Waals surface area contributed by atoms with Gasteiger partial charge in [-0.25, -0.2) is 0 Å². The molecule has 0 saturated carbocycles. The van der Waals surface area contributed by atoms with Gasteiger partial charge in [0.25, 0.3) is 8.32 Å².